The van der Waals surface area contributed by atoms with E-state index in [0.717, 1.165) is 6.42 Å². The van der Waals surface area contributed by atoms with E-state index in [4.69, 9.17) is 9.53 Å². The minimum absolute atomic E-state index is 0.102. The quantitative estimate of drug-likeness (QED) is 0.400. The van der Waals surface area contributed by atoms with Crippen molar-refractivity contribution in [3.05, 3.63) is 12.2 Å². The molecule has 0 fully saturated rings. The van der Waals surface area contributed by atoms with Crippen molar-refractivity contribution in [3.63, 3.8) is 0 Å². The highest BCUT2D eigenvalue weighted by atomic mass is 28.4. The standard InChI is InChI=1S/C15H32O2Si/c1-7-8-9-11-14(12-10-13-16)17-18(5,6)15(2,3)4/h10,12,14,16H,7-9,11,13H2,1-6H3/b12-10-. The Labute approximate surface area is 115 Å². The smallest absolute Gasteiger partial charge is 0.192 e. The summed E-state index contributed by atoms with van der Waals surface area (Å²) < 4.78 is 6.39. The first-order valence-electron chi connectivity index (χ1n) is 7.20. The van der Waals surface area contributed by atoms with Crippen LogP contribution in [0, 0.1) is 0 Å². The first-order valence-corrected chi connectivity index (χ1v) is 10.1. The highest BCUT2D eigenvalue weighted by Crippen LogP contribution is 2.37. The molecule has 1 N–H and O–H groups in total. The lowest BCUT2D eigenvalue weighted by atomic mass is 10.1. The largest absolute Gasteiger partial charge is 0.411 e. The third kappa shape index (κ3) is 6.71. The zero-order valence-corrected chi connectivity index (χ0v) is 14.1. The van der Waals surface area contributed by atoms with Crippen LogP contribution in [0.4, 0.5) is 0 Å². The lowest BCUT2D eigenvalue weighted by Gasteiger charge is -2.38. The van der Waals surface area contributed by atoms with Crippen LogP contribution in [-0.2, 0) is 4.43 Å². The summed E-state index contributed by atoms with van der Waals surface area (Å²) in [5, 5.41) is 9.15. The maximum absolute atomic E-state index is 8.91. The van der Waals surface area contributed by atoms with Crippen molar-refractivity contribution in [1.82, 2.24) is 0 Å². The second kappa shape index (κ2) is 8.13. The van der Waals surface area contributed by atoms with E-state index in [1.54, 1.807) is 0 Å². The van der Waals surface area contributed by atoms with Crippen LogP contribution in [-0.4, -0.2) is 26.1 Å². The van der Waals surface area contributed by atoms with Crippen LogP contribution in [0.3, 0.4) is 0 Å². The number of hydrogen-bond donors (Lipinski definition) is 1. The van der Waals surface area contributed by atoms with E-state index in [-0.39, 0.29) is 17.7 Å². The van der Waals surface area contributed by atoms with Gasteiger partial charge in [0.05, 0.1) is 12.7 Å². The van der Waals surface area contributed by atoms with Gasteiger partial charge in [-0.3, -0.25) is 0 Å². The summed E-state index contributed by atoms with van der Waals surface area (Å²) in [5.41, 5.74) is 0. The fourth-order valence-electron chi connectivity index (χ4n) is 1.56. The van der Waals surface area contributed by atoms with Crippen molar-refractivity contribution in [1.29, 1.82) is 0 Å². The Morgan fingerprint density at radius 1 is 1.22 bits per heavy atom. The van der Waals surface area contributed by atoms with Gasteiger partial charge in [-0.05, 0) is 24.6 Å². The summed E-state index contributed by atoms with van der Waals surface area (Å²) in [6.07, 6.45) is 8.77. The van der Waals surface area contributed by atoms with E-state index in [1.165, 1.54) is 19.3 Å². The number of aliphatic hydroxyl groups excluding tert-OH is 1. The lowest BCUT2D eigenvalue weighted by molar-refractivity contribution is 0.209. The summed E-state index contributed by atoms with van der Waals surface area (Å²) in [6.45, 7) is 13.7. The zero-order valence-electron chi connectivity index (χ0n) is 13.1. The van der Waals surface area contributed by atoms with Crippen LogP contribution in [0.15, 0.2) is 12.2 Å². The van der Waals surface area contributed by atoms with E-state index in [1.807, 2.05) is 12.2 Å². The molecule has 0 aliphatic carbocycles. The van der Waals surface area contributed by atoms with Gasteiger partial charge in [-0.15, -0.1) is 0 Å². The van der Waals surface area contributed by atoms with Crippen molar-refractivity contribution >= 4 is 8.32 Å². The van der Waals surface area contributed by atoms with Crippen molar-refractivity contribution in [3.8, 4) is 0 Å². The third-order valence-corrected chi connectivity index (χ3v) is 8.30. The van der Waals surface area contributed by atoms with E-state index in [9.17, 15) is 0 Å². The van der Waals surface area contributed by atoms with Crippen LogP contribution in [0.5, 0.6) is 0 Å². The molecule has 0 aliphatic rings. The first-order chi connectivity index (χ1) is 8.24. The van der Waals surface area contributed by atoms with Gasteiger partial charge in [-0.1, -0.05) is 59.1 Å². The normalized spacial score (nSPS) is 15.3. The summed E-state index contributed by atoms with van der Waals surface area (Å²) in [6, 6.07) is 0. The van der Waals surface area contributed by atoms with E-state index in [0.29, 0.717) is 0 Å². The van der Waals surface area contributed by atoms with Gasteiger partial charge in [0.1, 0.15) is 0 Å². The van der Waals surface area contributed by atoms with E-state index >= 15 is 0 Å². The molecule has 0 aliphatic heterocycles. The summed E-state index contributed by atoms with van der Waals surface area (Å²) in [4.78, 5) is 0. The Kier molecular flexibility index (Phi) is 8.07. The maximum atomic E-state index is 8.91. The molecule has 0 aromatic heterocycles. The van der Waals surface area contributed by atoms with E-state index < -0.39 is 8.32 Å². The van der Waals surface area contributed by atoms with E-state index in [2.05, 4.69) is 40.8 Å². The van der Waals surface area contributed by atoms with Gasteiger partial charge in [0.2, 0.25) is 0 Å². The number of hydrogen-bond acceptors (Lipinski definition) is 2. The molecule has 0 rings (SSSR count). The van der Waals surface area contributed by atoms with Gasteiger partial charge in [-0.25, -0.2) is 0 Å². The summed E-state index contributed by atoms with van der Waals surface area (Å²) in [7, 11) is -1.71. The molecule has 0 bridgehead atoms. The molecular formula is C15H32O2Si. The van der Waals surface area contributed by atoms with Crippen molar-refractivity contribution in [2.24, 2.45) is 0 Å². The van der Waals surface area contributed by atoms with Crippen LogP contribution >= 0.6 is 0 Å². The van der Waals surface area contributed by atoms with Crippen LogP contribution < -0.4 is 0 Å². The van der Waals surface area contributed by atoms with Gasteiger partial charge >= 0.3 is 0 Å². The molecule has 1 atom stereocenters. The molecule has 0 aromatic rings. The highest BCUT2D eigenvalue weighted by Gasteiger charge is 2.38. The van der Waals surface area contributed by atoms with Crippen LogP contribution in [0.1, 0.15) is 53.4 Å². The lowest BCUT2D eigenvalue weighted by Crippen LogP contribution is -2.43. The second-order valence-electron chi connectivity index (χ2n) is 6.52. The Bertz CT molecular complexity index is 241. The zero-order chi connectivity index (χ0) is 14.2. The molecule has 0 spiro atoms. The summed E-state index contributed by atoms with van der Waals surface area (Å²) >= 11 is 0. The third-order valence-electron chi connectivity index (χ3n) is 3.80. The maximum Gasteiger partial charge on any atom is 0.192 e. The van der Waals surface area contributed by atoms with Gasteiger partial charge in [0.15, 0.2) is 8.32 Å². The number of aliphatic hydroxyl groups is 1. The Morgan fingerprint density at radius 3 is 2.28 bits per heavy atom. The second-order valence-corrected chi connectivity index (χ2v) is 11.3. The molecule has 0 saturated carbocycles. The predicted molar refractivity (Wildman–Crippen MR) is 82.4 cm³/mol. The van der Waals surface area contributed by atoms with Gasteiger partial charge in [0, 0.05) is 0 Å². The molecule has 0 heterocycles. The van der Waals surface area contributed by atoms with Crippen molar-refractivity contribution in [2.45, 2.75) is 77.6 Å². The minimum Gasteiger partial charge on any atom is -0.411 e. The Morgan fingerprint density at radius 2 is 1.83 bits per heavy atom. The first kappa shape index (κ1) is 17.9. The molecule has 108 valence electrons. The molecule has 18 heavy (non-hydrogen) atoms. The molecular weight excluding hydrogens is 240 g/mol. The molecule has 2 nitrogen and oxygen atoms in total. The molecule has 0 amide bonds. The van der Waals surface area contributed by atoms with Crippen LogP contribution in [0.25, 0.3) is 0 Å². The highest BCUT2D eigenvalue weighted by molar-refractivity contribution is 6.74. The molecule has 3 heteroatoms. The van der Waals surface area contributed by atoms with Gasteiger partial charge in [0.25, 0.3) is 0 Å². The topological polar surface area (TPSA) is 29.5 Å². The Balaban J connectivity index is 4.52. The SMILES string of the molecule is CCCCCC(/C=C\CO)O[Si](C)(C)C(C)(C)C. The average molecular weight is 273 g/mol. The Hall–Kier alpha value is -0.123. The minimum atomic E-state index is -1.71. The van der Waals surface area contributed by atoms with Gasteiger partial charge < -0.3 is 9.53 Å². The molecule has 0 aromatic carbocycles. The monoisotopic (exact) mass is 272 g/mol. The molecule has 0 radical (unpaired) electrons. The molecule has 1 unspecified atom stereocenters. The van der Waals surface area contributed by atoms with Gasteiger partial charge in [-0.2, -0.15) is 0 Å². The number of rotatable bonds is 8. The molecule has 0 saturated heterocycles. The predicted octanol–water partition coefficient (Wildman–Crippen LogP) is 4.51. The number of unbranched alkanes of at least 4 members (excludes halogenated alkanes) is 2. The van der Waals surface area contributed by atoms with Crippen molar-refractivity contribution in [2.75, 3.05) is 6.61 Å². The fourth-order valence-corrected chi connectivity index (χ4v) is 2.86. The fraction of sp³-hybridized carbons (Fsp3) is 0.867. The summed E-state index contributed by atoms with van der Waals surface area (Å²) in [5.74, 6) is 0. The average Bonchev–Trinajstić information content (AvgIpc) is 2.24. The van der Waals surface area contributed by atoms with Crippen molar-refractivity contribution < 1.29 is 9.53 Å². The van der Waals surface area contributed by atoms with Crippen LogP contribution in [0.2, 0.25) is 18.1 Å².